The van der Waals surface area contributed by atoms with Crippen LogP contribution < -0.4 is 10.6 Å². The Kier molecular flexibility index (Phi) is 15.2. The van der Waals surface area contributed by atoms with Crippen LogP contribution in [0, 0.1) is 0 Å². The van der Waals surface area contributed by atoms with Gasteiger partial charge in [0.15, 0.2) is 0 Å². The first-order valence-corrected chi connectivity index (χ1v) is 19.5. The lowest BCUT2D eigenvalue weighted by atomic mass is 10.00. The van der Waals surface area contributed by atoms with Crippen molar-refractivity contribution >= 4 is 23.5 Å². The summed E-state index contributed by atoms with van der Waals surface area (Å²) in [4.78, 5) is 30.6. The Hall–Kier alpha value is -5.03. The predicted molar refractivity (Wildman–Crippen MR) is 218 cm³/mol. The zero-order valence-corrected chi connectivity index (χ0v) is 31.1. The van der Waals surface area contributed by atoms with Gasteiger partial charge in [0.1, 0.15) is 11.6 Å². The fourth-order valence-electron chi connectivity index (χ4n) is 6.53. The molecule has 0 unspecified atom stereocenters. The van der Waals surface area contributed by atoms with Gasteiger partial charge in [0.25, 0.3) is 11.8 Å². The van der Waals surface area contributed by atoms with Crippen LogP contribution in [-0.2, 0) is 12.8 Å². The largest absolute Gasteiger partial charge is 0.306 e. The van der Waals surface area contributed by atoms with Crippen molar-refractivity contribution in [3.8, 4) is 22.3 Å². The van der Waals surface area contributed by atoms with Crippen molar-refractivity contribution in [2.24, 2.45) is 0 Å². The molecule has 270 valence electrons. The number of aromatic nitrogens is 1. The van der Waals surface area contributed by atoms with Crippen LogP contribution >= 0.6 is 0 Å². The summed E-state index contributed by atoms with van der Waals surface area (Å²) >= 11 is 0. The zero-order chi connectivity index (χ0) is 36.4. The number of anilines is 2. The maximum Gasteiger partial charge on any atom is 0.256 e. The van der Waals surface area contributed by atoms with Gasteiger partial charge in [-0.2, -0.15) is 0 Å². The van der Waals surface area contributed by atoms with Crippen molar-refractivity contribution in [1.82, 2.24) is 4.98 Å². The Morgan fingerprint density at radius 3 is 1.12 bits per heavy atom. The Bertz CT molecular complexity index is 1680. The first-order valence-electron chi connectivity index (χ1n) is 19.5. The van der Waals surface area contributed by atoms with Crippen molar-refractivity contribution in [3.05, 3.63) is 138 Å². The van der Waals surface area contributed by atoms with Gasteiger partial charge >= 0.3 is 0 Å². The van der Waals surface area contributed by atoms with Crippen molar-refractivity contribution in [3.63, 3.8) is 0 Å². The predicted octanol–water partition coefficient (Wildman–Crippen LogP) is 12.7. The average molecular weight is 694 g/mol. The maximum atomic E-state index is 13.1. The first-order chi connectivity index (χ1) is 25.5. The molecule has 0 radical (unpaired) electrons. The third-order valence-corrected chi connectivity index (χ3v) is 9.74. The van der Waals surface area contributed by atoms with E-state index in [2.05, 4.69) is 78.0 Å². The summed E-state index contributed by atoms with van der Waals surface area (Å²) in [6, 6.07) is 37.9. The lowest BCUT2D eigenvalue weighted by Crippen LogP contribution is -2.15. The van der Waals surface area contributed by atoms with Gasteiger partial charge in [0.2, 0.25) is 0 Å². The van der Waals surface area contributed by atoms with E-state index < -0.39 is 0 Å². The van der Waals surface area contributed by atoms with Gasteiger partial charge in [-0.15, -0.1) is 0 Å². The molecule has 0 saturated heterocycles. The van der Waals surface area contributed by atoms with Gasteiger partial charge in [-0.1, -0.05) is 157 Å². The number of hydrogen-bond donors (Lipinski definition) is 2. The summed E-state index contributed by atoms with van der Waals surface area (Å²) in [5, 5.41) is 5.73. The van der Waals surface area contributed by atoms with E-state index >= 15 is 0 Å². The van der Waals surface area contributed by atoms with Crippen LogP contribution in [0.15, 0.2) is 115 Å². The summed E-state index contributed by atoms with van der Waals surface area (Å²) in [6.45, 7) is 4.50. The number of pyridine rings is 1. The number of aryl methyl sites for hydroxylation is 2. The highest BCUT2D eigenvalue weighted by atomic mass is 16.2. The van der Waals surface area contributed by atoms with Gasteiger partial charge in [-0.3, -0.25) is 9.59 Å². The van der Waals surface area contributed by atoms with Crippen LogP contribution in [0.25, 0.3) is 22.3 Å². The number of benzene rings is 4. The highest BCUT2D eigenvalue weighted by Crippen LogP contribution is 2.24. The van der Waals surface area contributed by atoms with E-state index in [0.717, 1.165) is 35.1 Å². The second-order valence-corrected chi connectivity index (χ2v) is 13.9. The number of carbonyl (C=O) groups excluding carboxylic acids is 2. The molecule has 0 fully saturated rings. The molecule has 2 amide bonds. The average Bonchev–Trinajstić information content (AvgIpc) is 3.18. The van der Waals surface area contributed by atoms with E-state index in [1.165, 1.54) is 88.2 Å². The van der Waals surface area contributed by atoms with Gasteiger partial charge in [0, 0.05) is 11.1 Å². The van der Waals surface area contributed by atoms with Crippen molar-refractivity contribution in [1.29, 1.82) is 0 Å². The van der Waals surface area contributed by atoms with E-state index in [9.17, 15) is 9.59 Å². The molecule has 4 aromatic carbocycles. The number of nitrogens with zero attached hydrogens (tertiary/aromatic N) is 1. The minimum absolute atomic E-state index is 0.261. The molecule has 5 aromatic rings. The first kappa shape index (κ1) is 38.2. The molecule has 1 heterocycles. The van der Waals surface area contributed by atoms with Crippen molar-refractivity contribution < 1.29 is 9.59 Å². The van der Waals surface area contributed by atoms with Crippen LogP contribution in [-0.4, -0.2) is 16.8 Å². The SMILES string of the molecule is CCCCCCCCc1ccc(-c2ccc(C(=O)Nc3cccc(NC(=O)c4ccc(-c5ccc(CCCCCCCC)cc5)cc4)n3)cc2)cc1. The Morgan fingerprint density at radius 1 is 0.423 bits per heavy atom. The van der Waals surface area contributed by atoms with Crippen LogP contribution in [0.2, 0.25) is 0 Å². The molecule has 52 heavy (non-hydrogen) atoms. The molecule has 0 bridgehead atoms. The normalized spacial score (nSPS) is 11.0. The van der Waals surface area contributed by atoms with Gasteiger partial charge in [0.05, 0.1) is 0 Å². The summed E-state index contributed by atoms with van der Waals surface area (Å²) < 4.78 is 0. The Labute approximate surface area is 311 Å². The Morgan fingerprint density at radius 2 is 0.750 bits per heavy atom. The summed E-state index contributed by atoms with van der Waals surface area (Å²) in [6.07, 6.45) is 17.9. The van der Waals surface area contributed by atoms with Gasteiger partial charge in [-0.05, 0) is 95.5 Å². The maximum absolute atomic E-state index is 13.1. The lowest BCUT2D eigenvalue weighted by Gasteiger charge is -2.10. The van der Waals surface area contributed by atoms with Gasteiger partial charge < -0.3 is 10.6 Å². The van der Waals surface area contributed by atoms with Crippen molar-refractivity contribution in [2.45, 2.75) is 104 Å². The van der Waals surface area contributed by atoms with Crippen LogP contribution in [0.4, 0.5) is 11.6 Å². The minimum Gasteiger partial charge on any atom is -0.306 e. The zero-order valence-electron chi connectivity index (χ0n) is 31.1. The summed E-state index contributed by atoms with van der Waals surface area (Å²) in [5.74, 6) is 0.205. The molecule has 5 heteroatoms. The molecule has 0 aliphatic heterocycles. The monoisotopic (exact) mass is 693 g/mol. The fraction of sp³-hybridized carbons (Fsp3) is 0.340. The van der Waals surface area contributed by atoms with Gasteiger partial charge in [-0.25, -0.2) is 4.98 Å². The van der Waals surface area contributed by atoms with Crippen LogP contribution in [0.3, 0.4) is 0 Å². The number of unbranched alkanes of at least 4 members (excludes halogenated alkanes) is 10. The molecule has 0 aliphatic rings. The standard InChI is InChI=1S/C47H55N3O2/c1-3-5-7-9-11-13-16-36-20-24-38(25-21-36)40-28-32-42(33-29-40)46(51)49-44-18-15-19-45(48-44)50-47(52)43-34-30-41(31-35-43)39-26-22-37(23-27-39)17-14-12-10-8-6-4-2/h15,18-35H,3-14,16-17H2,1-2H3,(H2,48,49,50,51,52). The molecular weight excluding hydrogens is 639 g/mol. The second kappa shape index (κ2) is 20.7. The third-order valence-electron chi connectivity index (χ3n) is 9.74. The fourth-order valence-corrected chi connectivity index (χ4v) is 6.53. The second-order valence-electron chi connectivity index (χ2n) is 13.9. The van der Waals surface area contributed by atoms with E-state index in [0.29, 0.717) is 22.8 Å². The van der Waals surface area contributed by atoms with E-state index in [-0.39, 0.29) is 11.8 Å². The molecule has 2 N–H and O–H groups in total. The van der Waals surface area contributed by atoms with Crippen molar-refractivity contribution in [2.75, 3.05) is 10.6 Å². The number of hydrogen-bond acceptors (Lipinski definition) is 3. The lowest BCUT2D eigenvalue weighted by molar-refractivity contribution is 0.101. The molecular formula is C47H55N3O2. The topological polar surface area (TPSA) is 71.1 Å². The van der Waals surface area contributed by atoms with Crippen LogP contribution in [0.1, 0.15) is 123 Å². The molecule has 0 saturated carbocycles. The molecule has 5 nitrogen and oxygen atoms in total. The van der Waals surface area contributed by atoms with Crippen LogP contribution in [0.5, 0.6) is 0 Å². The third kappa shape index (κ3) is 12.0. The van der Waals surface area contributed by atoms with E-state index in [1.807, 2.05) is 48.5 Å². The molecule has 1 aromatic heterocycles. The quantitative estimate of drug-likeness (QED) is 0.0797. The van der Waals surface area contributed by atoms with E-state index in [4.69, 9.17) is 0 Å². The Balaban J connectivity index is 1.09. The smallest absolute Gasteiger partial charge is 0.256 e. The number of amides is 2. The number of rotatable bonds is 20. The molecule has 0 spiro atoms. The number of carbonyl (C=O) groups is 2. The number of nitrogens with one attached hydrogen (secondary N) is 2. The highest BCUT2D eigenvalue weighted by molar-refractivity contribution is 6.05. The molecule has 0 aliphatic carbocycles. The summed E-state index contributed by atoms with van der Waals surface area (Å²) in [5.41, 5.74) is 8.20. The molecule has 5 rings (SSSR count). The van der Waals surface area contributed by atoms with E-state index in [1.54, 1.807) is 18.2 Å². The minimum atomic E-state index is -0.261. The highest BCUT2D eigenvalue weighted by Gasteiger charge is 2.11. The molecule has 0 atom stereocenters. The summed E-state index contributed by atoms with van der Waals surface area (Å²) in [7, 11) is 0.